The van der Waals surface area contributed by atoms with Gasteiger partial charge in [0.2, 0.25) is 11.8 Å². The summed E-state index contributed by atoms with van der Waals surface area (Å²) in [6.07, 6.45) is -0.263. The second-order valence-corrected chi connectivity index (χ2v) is 6.70. The summed E-state index contributed by atoms with van der Waals surface area (Å²) in [6.45, 7) is -0.178. The fraction of sp³-hybridized carbons (Fsp3) is 0.385. The van der Waals surface area contributed by atoms with Gasteiger partial charge in [-0.1, -0.05) is 0 Å². The number of hydrogen-bond acceptors (Lipinski definition) is 4. The molecule has 6 nitrogen and oxygen atoms in total. The minimum atomic E-state index is -3.65. The van der Waals surface area contributed by atoms with Crippen LogP contribution in [0.3, 0.4) is 0 Å². The molecule has 0 fully saturated rings. The Labute approximate surface area is 122 Å². The van der Waals surface area contributed by atoms with E-state index in [2.05, 4.69) is 5.32 Å². The van der Waals surface area contributed by atoms with E-state index >= 15 is 0 Å². The van der Waals surface area contributed by atoms with E-state index in [4.69, 9.17) is 0 Å². The number of rotatable bonds is 6. The molecule has 0 heterocycles. The topological polar surface area (TPSA) is 83.6 Å². The lowest BCUT2D eigenvalue weighted by atomic mass is 10.4. The lowest BCUT2D eigenvalue weighted by molar-refractivity contribution is -0.130. The molecular weight excluding hydrogens is 299 g/mol. The maximum atomic E-state index is 12.7. The van der Waals surface area contributed by atoms with Crippen molar-refractivity contribution in [1.29, 1.82) is 0 Å². The van der Waals surface area contributed by atoms with Gasteiger partial charge in [0.25, 0.3) is 0 Å². The smallest absolute Gasteiger partial charge is 0.241 e. The molecular formula is C13H17FN2O4S. The number of benzene rings is 1. The van der Waals surface area contributed by atoms with Crippen molar-refractivity contribution in [3.8, 4) is 0 Å². The maximum Gasteiger partial charge on any atom is 0.241 e. The summed E-state index contributed by atoms with van der Waals surface area (Å²) in [5.74, 6) is -1.75. The first kappa shape index (κ1) is 17.1. The highest BCUT2D eigenvalue weighted by Gasteiger charge is 2.17. The number of likely N-dealkylation sites (N-methyl/N-ethyl adjacent to an activating group) is 1. The molecule has 0 atom stereocenters. The van der Waals surface area contributed by atoms with Crippen LogP contribution in [0.15, 0.2) is 29.2 Å². The van der Waals surface area contributed by atoms with E-state index in [-0.39, 0.29) is 23.8 Å². The zero-order chi connectivity index (χ0) is 16.0. The molecule has 0 aliphatic carbocycles. The molecule has 21 heavy (non-hydrogen) atoms. The van der Waals surface area contributed by atoms with Gasteiger partial charge in [-0.15, -0.1) is 0 Å². The molecule has 0 unspecified atom stereocenters. The number of amides is 2. The summed E-state index contributed by atoms with van der Waals surface area (Å²) in [7, 11) is -0.552. The van der Waals surface area contributed by atoms with Gasteiger partial charge >= 0.3 is 0 Å². The highest BCUT2D eigenvalue weighted by Crippen LogP contribution is 2.12. The Morgan fingerprint density at radius 3 is 2.29 bits per heavy atom. The minimum Gasteiger partial charge on any atom is -0.347 e. The molecule has 0 aliphatic heterocycles. The second kappa shape index (κ2) is 7.16. The Morgan fingerprint density at radius 1 is 1.19 bits per heavy atom. The molecule has 1 aromatic rings. The molecule has 0 saturated heterocycles. The van der Waals surface area contributed by atoms with E-state index in [1.54, 1.807) is 14.1 Å². The van der Waals surface area contributed by atoms with Crippen LogP contribution < -0.4 is 5.32 Å². The summed E-state index contributed by atoms with van der Waals surface area (Å²) in [5, 5.41) is 2.34. The third-order valence-corrected chi connectivity index (χ3v) is 4.44. The van der Waals surface area contributed by atoms with Crippen molar-refractivity contribution in [3.05, 3.63) is 30.1 Å². The van der Waals surface area contributed by atoms with Crippen molar-refractivity contribution in [3.63, 3.8) is 0 Å². The van der Waals surface area contributed by atoms with Gasteiger partial charge in [0.15, 0.2) is 9.84 Å². The van der Waals surface area contributed by atoms with Crippen molar-refractivity contribution in [1.82, 2.24) is 10.2 Å². The van der Waals surface area contributed by atoms with Crippen LogP contribution in [0.4, 0.5) is 4.39 Å². The largest absolute Gasteiger partial charge is 0.347 e. The highest BCUT2D eigenvalue weighted by molar-refractivity contribution is 7.91. The van der Waals surface area contributed by atoms with Crippen molar-refractivity contribution < 1.29 is 22.4 Å². The molecule has 0 saturated carbocycles. The van der Waals surface area contributed by atoms with Crippen LogP contribution in [0.5, 0.6) is 0 Å². The Morgan fingerprint density at radius 2 is 1.76 bits per heavy atom. The molecule has 8 heteroatoms. The summed E-state index contributed by atoms with van der Waals surface area (Å²) < 4.78 is 36.6. The summed E-state index contributed by atoms with van der Waals surface area (Å²) in [6, 6.07) is 4.39. The predicted molar refractivity (Wildman–Crippen MR) is 74.8 cm³/mol. The third kappa shape index (κ3) is 5.50. The SMILES string of the molecule is CN(C)C(=O)CNC(=O)CCS(=O)(=O)c1ccc(F)cc1. The average Bonchev–Trinajstić information content (AvgIpc) is 2.43. The molecule has 0 spiro atoms. The Balaban J connectivity index is 2.52. The zero-order valence-corrected chi connectivity index (χ0v) is 12.6. The lowest BCUT2D eigenvalue weighted by Crippen LogP contribution is -2.36. The van der Waals surface area contributed by atoms with Crippen molar-refractivity contribution >= 4 is 21.7 Å². The van der Waals surface area contributed by atoms with E-state index in [9.17, 15) is 22.4 Å². The van der Waals surface area contributed by atoms with Crippen LogP contribution in [-0.2, 0) is 19.4 Å². The number of carbonyl (C=O) groups excluding carboxylic acids is 2. The van der Waals surface area contributed by atoms with E-state index in [1.165, 1.54) is 4.90 Å². The van der Waals surface area contributed by atoms with Gasteiger partial charge in [-0.2, -0.15) is 0 Å². The van der Waals surface area contributed by atoms with Gasteiger partial charge in [0, 0.05) is 20.5 Å². The number of sulfone groups is 1. The van der Waals surface area contributed by atoms with E-state index in [1.807, 2.05) is 0 Å². The molecule has 2 amide bonds. The Kier molecular flexibility index (Phi) is 5.83. The maximum absolute atomic E-state index is 12.7. The number of halogens is 1. The quantitative estimate of drug-likeness (QED) is 0.760. The molecule has 116 valence electrons. The molecule has 0 aromatic heterocycles. The van der Waals surface area contributed by atoms with Gasteiger partial charge in [-0.05, 0) is 24.3 Å². The van der Waals surface area contributed by atoms with Crippen LogP contribution in [-0.4, -0.2) is 51.5 Å². The molecule has 1 aromatic carbocycles. The fourth-order valence-electron chi connectivity index (χ4n) is 1.41. The Hall–Kier alpha value is -1.96. The van der Waals surface area contributed by atoms with Gasteiger partial charge < -0.3 is 10.2 Å². The number of carbonyl (C=O) groups is 2. The van der Waals surface area contributed by atoms with Crippen LogP contribution >= 0.6 is 0 Å². The highest BCUT2D eigenvalue weighted by atomic mass is 32.2. The first-order valence-corrected chi connectivity index (χ1v) is 7.83. The molecule has 0 aliphatic rings. The van der Waals surface area contributed by atoms with Crippen molar-refractivity contribution in [2.45, 2.75) is 11.3 Å². The van der Waals surface area contributed by atoms with E-state index in [0.29, 0.717) is 0 Å². The number of nitrogens with one attached hydrogen (secondary N) is 1. The normalized spacial score (nSPS) is 11.0. The standard InChI is InChI=1S/C13H17FN2O4S/c1-16(2)13(18)9-15-12(17)7-8-21(19,20)11-5-3-10(14)4-6-11/h3-6H,7-9H2,1-2H3,(H,15,17). The third-order valence-electron chi connectivity index (χ3n) is 2.71. The molecule has 0 bridgehead atoms. The second-order valence-electron chi connectivity index (χ2n) is 4.59. The van der Waals surface area contributed by atoms with Gasteiger partial charge in [0.1, 0.15) is 5.82 Å². The molecule has 0 radical (unpaired) electrons. The predicted octanol–water partition coefficient (Wildman–Crippen LogP) is 0.194. The first-order valence-electron chi connectivity index (χ1n) is 6.17. The summed E-state index contributed by atoms with van der Waals surface area (Å²) in [4.78, 5) is 24.0. The minimum absolute atomic E-state index is 0.0407. The molecule has 1 rings (SSSR count). The average molecular weight is 316 g/mol. The van der Waals surface area contributed by atoms with Gasteiger partial charge in [-0.25, -0.2) is 12.8 Å². The van der Waals surface area contributed by atoms with Crippen LogP contribution in [0.1, 0.15) is 6.42 Å². The van der Waals surface area contributed by atoms with Crippen molar-refractivity contribution in [2.24, 2.45) is 0 Å². The van der Waals surface area contributed by atoms with Gasteiger partial charge in [0.05, 0.1) is 17.2 Å². The van der Waals surface area contributed by atoms with E-state index in [0.717, 1.165) is 24.3 Å². The van der Waals surface area contributed by atoms with Crippen molar-refractivity contribution in [2.75, 3.05) is 26.4 Å². The fourth-order valence-corrected chi connectivity index (χ4v) is 2.65. The monoisotopic (exact) mass is 316 g/mol. The van der Waals surface area contributed by atoms with Gasteiger partial charge in [-0.3, -0.25) is 9.59 Å². The van der Waals surface area contributed by atoms with Crippen LogP contribution in [0, 0.1) is 5.82 Å². The summed E-state index contributed by atoms with van der Waals surface area (Å²) >= 11 is 0. The van der Waals surface area contributed by atoms with Crippen LogP contribution in [0.25, 0.3) is 0 Å². The molecule has 1 N–H and O–H groups in total. The van der Waals surface area contributed by atoms with E-state index < -0.39 is 27.3 Å². The number of nitrogens with zero attached hydrogens (tertiary/aromatic N) is 1. The Bertz CT molecular complexity index is 612. The number of hydrogen-bond donors (Lipinski definition) is 1. The first-order chi connectivity index (χ1) is 9.72. The van der Waals surface area contributed by atoms with Crippen LogP contribution in [0.2, 0.25) is 0 Å². The zero-order valence-electron chi connectivity index (χ0n) is 11.8. The lowest BCUT2D eigenvalue weighted by Gasteiger charge is -2.11. The summed E-state index contributed by atoms with van der Waals surface area (Å²) in [5.41, 5.74) is 0.